The molecule has 0 saturated carbocycles. The lowest BCUT2D eigenvalue weighted by atomic mass is 9.70. The molecule has 1 atom stereocenters. The summed E-state index contributed by atoms with van der Waals surface area (Å²) in [5, 5.41) is 10.5. The highest BCUT2D eigenvalue weighted by Gasteiger charge is 2.61. The monoisotopic (exact) mass is 329 g/mol. The van der Waals surface area contributed by atoms with Crippen molar-refractivity contribution in [3.8, 4) is 0 Å². The Kier molecular flexibility index (Phi) is 3.32. The molecule has 0 aliphatic carbocycles. The molecule has 0 fully saturated rings. The SMILES string of the molecule is NCC1(C(F)(F)F)C2=CC=CN(O)C2=Nc2ccc(Cl)cc21. The Morgan fingerprint density at radius 1 is 1.36 bits per heavy atom. The van der Waals surface area contributed by atoms with Gasteiger partial charge in [-0.15, -0.1) is 0 Å². The van der Waals surface area contributed by atoms with Gasteiger partial charge in [0, 0.05) is 28.9 Å². The molecule has 0 aromatic heterocycles. The zero-order chi connectivity index (χ0) is 16.1. The van der Waals surface area contributed by atoms with Crippen molar-refractivity contribution < 1.29 is 18.4 Å². The maximum Gasteiger partial charge on any atom is 0.403 e. The van der Waals surface area contributed by atoms with E-state index in [0.717, 1.165) is 0 Å². The van der Waals surface area contributed by atoms with Gasteiger partial charge < -0.3 is 5.73 Å². The van der Waals surface area contributed by atoms with Crippen LogP contribution < -0.4 is 5.73 Å². The first-order chi connectivity index (χ1) is 10.3. The molecule has 0 bridgehead atoms. The number of aliphatic imine (C=N–C) groups is 1. The molecule has 116 valence electrons. The Morgan fingerprint density at radius 3 is 2.73 bits per heavy atom. The minimum absolute atomic E-state index is 0.0775. The number of nitrogens with zero attached hydrogens (tertiary/aromatic N) is 2. The molecule has 2 aliphatic rings. The molecular formula is C14H11ClF3N3O. The zero-order valence-corrected chi connectivity index (χ0v) is 11.9. The molecule has 8 heteroatoms. The van der Waals surface area contributed by atoms with Crippen molar-refractivity contribution in [3.05, 3.63) is 52.7 Å². The molecule has 0 spiro atoms. The predicted octanol–water partition coefficient (Wildman–Crippen LogP) is 3.29. The van der Waals surface area contributed by atoms with Gasteiger partial charge in [-0.25, -0.2) is 10.1 Å². The van der Waals surface area contributed by atoms with Gasteiger partial charge >= 0.3 is 6.18 Å². The van der Waals surface area contributed by atoms with Gasteiger partial charge in [-0.2, -0.15) is 13.2 Å². The maximum atomic E-state index is 14.0. The number of fused-ring (bicyclic) bond motifs is 2. The average Bonchev–Trinajstić information content (AvgIpc) is 2.44. The summed E-state index contributed by atoms with van der Waals surface area (Å²) >= 11 is 5.86. The Bertz CT molecular complexity index is 727. The van der Waals surface area contributed by atoms with Crippen LogP contribution in [0, 0.1) is 0 Å². The zero-order valence-electron chi connectivity index (χ0n) is 11.1. The van der Waals surface area contributed by atoms with E-state index in [1.165, 1.54) is 36.6 Å². The van der Waals surface area contributed by atoms with Crippen LogP contribution in [0.2, 0.25) is 5.02 Å². The molecule has 0 saturated heterocycles. The highest BCUT2D eigenvalue weighted by molar-refractivity contribution is 6.30. The van der Waals surface area contributed by atoms with E-state index in [-0.39, 0.29) is 27.7 Å². The van der Waals surface area contributed by atoms with Crippen molar-refractivity contribution in [2.45, 2.75) is 11.6 Å². The smallest absolute Gasteiger partial charge is 0.329 e. The number of halogens is 4. The summed E-state index contributed by atoms with van der Waals surface area (Å²) in [5.74, 6) is -0.194. The predicted molar refractivity (Wildman–Crippen MR) is 76.2 cm³/mol. The van der Waals surface area contributed by atoms with Crippen LogP contribution in [-0.2, 0) is 5.41 Å². The minimum atomic E-state index is -4.68. The molecule has 1 unspecified atom stereocenters. The molecule has 4 nitrogen and oxygen atoms in total. The van der Waals surface area contributed by atoms with E-state index >= 15 is 0 Å². The second kappa shape index (κ2) is 4.84. The molecule has 2 aliphatic heterocycles. The topological polar surface area (TPSA) is 61.8 Å². The standard InChI is InChI=1S/C14H11ClF3N3O/c15-8-3-4-11-10(6-8)13(7-19,14(16,17)18)9-2-1-5-21(22)12(9)20-11/h1-6,22H,7,19H2. The number of hydrogen-bond donors (Lipinski definition) is 2. The quantitative estimate of drug-likeness (QED) is 0.831. The van der Waals surface area contributed by atoms with Crippen LogP contribution in [0.5, 0.6) is 0 Å². The van der Waals surface area contributed by atoms with E-state index in [9.17, 15) is 18.4 Å². The molecular weight excluding hydrogens is 319 g/mol. The molecule has 3 N–H and O–H groups in total. The van der Waals surface area contributed by atoms with E-state index in [1.54, 1.807) is 0 Å². The Hall–Kier alpha value is -1.83. The maximum absolute atomic E-state index is 14.0. The third-order valence-electron chi connectivity index (χ3n) is 3.84. The Morgan fingerprint density at radius 2 is 2.09 bits per heavy atom. The first kappa shape index (κ1) is 15.1. The van der Waals surface area contributed by atoms with Gasteiger partial charge in [0.15, 0.2) is 5.84 Å². The van der Waals surface area contributed by atoms with Gasteiger partial charge in [0.1, 0.15) is 5.41 Å². The lowest BCUT2D eigenvalue weighted by Crippen LogP contribution is -2.54. The summed E-state index contributed by atoms with van der Waals surface area (Å²) in [7, 11) is 0. The van der Waals surface area contributed by atoms with E-state index in [2.05, 4.69) is 4.99 Å². The molecule has 3 rings (SSSR count). The Balaban J connectivity index is 2.40. The lowest BCUT2D eigenvalue weighted by Gasteiger charge is -2.42. The van der Waals surface area contributed by atoms with Crippen LogP contribution in [0.25, 0.3) is 0 Å². The van der Waals surface area contributed by atoms with Crippen molar-refractivity contribution in [1.29, 1.82) is 0 Å². The highest BCUT2D eigenvalue weighted by Crippen LogP contribution is 2.53. The normalized spacial score (nSPS) is 23.6. The average molecular weight is 330 g/mol. The van der Waals surface area contributed by atoms with Crippen molar-refractivity contribution in [2.75, 3.05) is 6.54 Å². The third kappa shape index (κ3) is 1.89. The van der Waals surface area contributed by atoms with E-state index in [4.69, 9.17) is 17.3 Å². The van der Waals surface area contributed by atoms with E-state index < -0.39 is 18.1 Å². The fourth-order valence-corrected chi connectivity index (χ4v) is 2.95. The van der Waals surface area contributed by atoms with Crippen molar-refractivity contribution in [2.24, 2.45) is 10.7 Å². The van der Waals surface area contributed by atoms with Gasteiger partial charge in [-0.05, 0) is 24.3 Å². The van der Waals surface area contributed by atoms with E-state index in [0.29, 0.717) is 5.06 Å². The lowest BCUT2D eigenvalue weighted by molar-refractivity contribution is -0.175. The number of allylic oxidation sites excluding steroid dienone is 2. The summed E-state index contributed by atoms with van der Waals surface area (Å²) in [6, 6.07) is 4.04. The summed E-state index contributed by atoms with van der Waals surface area (Å²) in [6.07, 6.45) is -0.906. The molecule has 0 amide bonds. The molecule has 0 radical (unpaired) electrons. The second-order valence-corrected chi connectivity index (χ2v) is 5.41. The number of hydrogen-bond acceptors (Lipinski definition) is 4. The largest absolute Gasteiger partial charge is 0.403 e. The fraction of sp³-hybridized carbons (Fsp3) is 0.214. The third-order valence-corrected chi connectivity index (χ3v) is 4.08. The summed E-state index contributed by atoms with van der Waals surface area (Å²) in [4.78, 5) is 4.11. The molecule has 1 aromatic rings. The highest BCUT2D eigenvalue weighted by atomic mass is 35.5. The van der Waals surface area contributed by atoms with Crippen molar-refractivity contribution in [3.63, 3.8) is 0 Å². The van der Waals surface area contributed by atoms with Crippen LogP contribution in [-0.4, -0.2) is 28.8 Å². The minimum Gasteiger partial charge on any atom is -0.329 e. The summed E-state index contributed by atoms with van der Waals surface area (Å²) in [5.41, 5.74) is 2.84. The molecule has 2 heterocycles. The fourth-order valence-electron chi connectivity index (χ4n) is 2.78. The summed E-state index contributed by atoms with van der Waals surface area (Å²) in [6.45, 7) is -0.726. The Labute approximate surface area is 129 Å². The van der Waals surface area contributed by atoms with Gasteiger partial charge in [-0.1, -0.05) is 17.7 Å². The van der Waals surface area contributed by atoms with Crippen LogP contribution >= 0.6 is 11.6 Å². The van der Waals surface area contributed by atoms with Crippen LogP contribution in [0.4, 0.5) is 18.9 Å². The van der Waals surface area contributed by atoms with Gasteiger partial charge in [0.05, 0.1) is 5.69 Å². The molecule has 1 aromatic carbocycles. The van der Waals surface area contributed by atoms with Crippen LogP contribution in [0.3, 0.4) is 0 Å². The number of amidine groups is 1. The number of alkyl halides is 3. The first-order valence-corrected chi connectivity index (χ1v) is 6.72. The van der Waals surface area contributed by atoms with Crippen LogP contribution in [0.1, 0.15) is 5.56 Å². The van der Waals surface area contributed by atoms with Crippen LogP contribution in [0.15, 0.2) is 47.1 Å². The number of rotatable bonds is 1. The number of benzene rings is 1. The van der Waals surface area contributed by atoms with E-state index in [1.807, 2.05) is 0 Å². The van der Waals surface area contributed by atoms with Gasteiger partial charge in [0.25, 0.3) is 0 Å². The van der Waals surface area contributed by atoms with Crippen molar-refractivity contribution in [1.82, 2.24) is 5.06 Å². The van der Waals surface area contributed by atoms with Gasteiger partial charge in [0.2, 0.25) is 0 Å². The van der Waals surface area contributed by atoms with Crippen molar-refractivity contribution >= 4 is 23.1 Å². The number of hydroxylamine groups is 2. The summed E-state index contributed by atoms with van der Waals surface area (Å²) < 4.78 is 41.9. The molecule has 22 heavy (non-hydrogen) atoms. The first-order valence-electron chi connectivity index (χ1n) is 6.34. The van der Waals surface area contributed by atoms with Gasteiger partial charge in [-0.3, -0.25) is 5.21 Å². The number of nitrogens with two attached hydrogens (primary N) is 1. The second-order valence-electron chi connectivity index (χ2n) is 4.97.